The summed E-state index contributed by atoms with van der Waals surface area (Å²) in [5.41, 5.74) is 6.74. The largest absolute Gasteiger partial charge is 0.491 e. The number of hydrogen-bond donors (Lipinski definition) is 1. The smallest absolute Gasteiger partial charge is 0.191 e. The zero-order valence-electron chi connectivity index (χ0n) is 10.7. The maximum atomic E-state index is 13.2. The molecule has 104 valence electrons. The van der Waals surface area contributed by atoms with Crippen LogP contribution in [0.25, 0.3) is 0 Å². The minimum atomic E-state index is -0.270. The molecule has 6 heteroatoms. The van der Waals surface area contributed by atoms with Gasteiger partial charge in [-0.2, -0.15) is 0 Å². The van der Waals surface area contributed by atoms with Gasteiger partial charge in [0.25, 0.3) is 0 Å². The molecule has 1 atom stereocenters. The third-order valence-electron chi connectivity index (χ3n) is 3.47. The molecule has 19 heavy (non-hydrogen) atoms. The zero-order chi connectivity index (χ0) is 12.7. The minimum Gasteiger partial charge on any atom is -0.491 e. The first-order chi connectivity index (χ1) is 8.65. The third kappa shape index (κ3) is 2.93. The Labute approximate surface area is 128 Å². The summed E-state index contributed by atoms with van der Waals surface area (Å²) in [7, 11) is 1.94. The fraction of sp³-hybridized carbons (Fsp3) is 0.462. The van der Waals surface area contributed by atoms with Crippen molar-refractivity contribution in [2.24, 2.45) is 10.7 Å². The third-order valence-corrected chi connectivity index (χ3v) is 3.47. The SMILES string of the molecule is CN(C(N)=NC1COc2ccc(F)cc21)C1CC1.I. The number of nitrogens with two attached hydrogens (primary N) is 1. The molecule has 1 heterocycles. The molecule has 1 aromatic rings. The molecule has 1 aliphatic heterocycles. The van der Waals surface area contributed by atoms with Crippen molar-refractivity contribution >= 4 is 29.9 Å². The molecule has 4 nitrogen and oxygen atoms in total. The Morgan fingerprint density at radius 3 is 2.89 bits per heavy atom. The van der Waals surface area contributed by atoms with Gasteiger partial charge >= 0.3 is 0 Å². The van der Waals surface area contributed by atoms with Crippen LogP contribution >= 0.6 is 24.0 Å². The van der Waals surface area contributed by atoms with Crippen LogP contribution in [0.5, 0.6) is 5.75 Å². The van der Waals surface area contributed by atoms with Gasteiger partial charge in [-0.05, 0) is 31.0 Å². The molecule has 0 bridgehead atoms. The second kappa shape index (κ2) is 5.52. The molecular formula is C13H17FIN3O. The number of halogens is 2. The van der Waals surface area contributed by atoms with Crippen molar-refractivity contribution in [3.05, 3.63) is 29.6 Å². The Morgan fingerprint density at radius 2 is 2.21 bits per heavy atom. The summed E-state index contributed by atoms with van der Waals surface area (Å²) in [4.78, 5) is 6.43. The van der Waals surface area contributed by atoms with Crippen LogP contribution in [0.15, 0.2) is 23.2 Å². The monoisotopic (exact) mass is 377 g/mol. The van der Waals surface area contributed by atoms with E-state index in [-0.39, 0.29) is 35.8 Å². The predicted octanol–water partition coefficient (Wildman–Crippen LogP) is 2.29. The Balaban J connectivity index is 0.00000133. The first-order valence-corrected chi connectivity index (χ1v) is 6.13. The molecule has 0 spiro atoms. The second-order valence-corrected chi connectivity index (χ2v) is 4.84. The highest BCUT2D eigenvalue weighted by Crippen LogP contribution is 2.35. The van der Waals surface area contributed by atoms with E-state index < -0.39 is 0 Å². The van der Waals surface area contributed by atoms with E-state index in [9.17, 15) is 4.39 Å². The molecule has 3 rings (SSSR count). The minimum absolute atomic E-state index is 0. The van der Waals surface area contributed by atoms with E-state index in [0.717, 1.165) is 5.56 Å². The van der Waals surface area contributed by atoms with Crippen molar-refractivity contribution in [1.82, 2.24) is 4.90 Å². The molecule has 0 radical (unpaired) electrons. The number of hydrogen-bond acceptors (Lipinski definition) is 2. The van der Waals surface area contributed by atoms with Crippen LogP contribution in [0.1, 0.15) is 24.4 Å². The van der Waals surface area contributed by atoms with Gasteiger partial charge in [-0.1, -0.05) is 0 Å². The zero-order valence-corrected chi connectivity index (χ0v) is 13.0. The van der Waals surface area contributed by atoms with E-state index in [1.807, 2.05) is 11.9 Å². The lowest BCUT2D eigenvalue weighted by molar-refractivity contribution is 0.332. The van der Waals surface area contributed by atoms with Gasteiger partial charge in [0, 0.05) is 18.7 Å². The summed E-state index contributed by atoms with van der Waals surface area (Å²) in [6.45, 7) is 0.429. The summed E-state index contributed by atoms with van der Waals surface area (Å²) >= 11 is 0. The fourth-order valence-electron chi connectivity index (χ4n) is 2.18. The number of rotatable bonds is 2. The molecule has 0 aromatic heterocycles. The van der Waals surface area contributed by atoms with Crippen LogP contribution < -0.4 is 10.5 Å². The summed E-state index contributed by atoms with van der Waals surface area (Å²) < 4.78 is 18.7. The number of guanidine groups is 1. The Bertz CT molecular complexity index is 505. The molecule has 0 amide bonds. The fourth-order valence-corrected chi connectivity index (χ4v) is 2.18. The van der Waals surface area contributed by atoms with Crippen LogP contribution in [0.2, 0.25) is 0 Å². The summed E-state index contributed by atoms with van der Waals surface area (Å²) in [5, 5.41) is 0. The van der Waals surface area contributed by atoms with Crippen molar-refractivity contribution in [2.45, 2.75) is 24.9 Å². The molecule has 2 N–H and O–H groups in total. The van der Waals surface area contributed by atoms with Crippen molar-refractivity contribution < 1.29 is 9.13 Å². The quantitative estimate of drug-likeness (QED) is 0.489. The van der Waals surface area contributed by atoms with Gasteiger partial charge in [0.1, 0.15) is 24.2 Å². The van der Waals surface area contributed by atoms with Gasteiger partial charge in [0.15, 0.2) is 5.96 Å². The Kier molecular flexibility index (Phi) is 4.17. The van der Waals surface area contributed by atoms with E-state index in [1.165, 1.54) is 25.0 Å². The summed E-state index contributed by atoms with van der Waals surface area (Å²) in [5.74, 6) is 0.934. The van der Waals surface area contributed by atoms with E-state index >= 15 is 0 Å². The average molecular weight is 377 g/mol. The molecule has 1 saturated carbocycles. The second-order valence-electron chi connectivity index (χ2n) is 4.84. The highest BCUT2D eigenvalue weighted by Gasteiger charge is 2.29. The lowest BCUT2D eigenvalue weighted by atomic mass is 10.1. The van der Waals surface area contributed by atoms with E-state index in [4.69, 9.17) is 10.5 Å². The first kappa shape index (κ1) is 14.4. The normalized spacial score (nSPS) is 21.4. The van der Waals surface area contributed by atoms with Gasteiger partial charge in [0.05, 0.1) is 0 Å². The van der Waals surface area contributed by atoms with Gasteiger partial charge in [-0.15, -0.1) is 24.0 Å². The molecule has 2 aliphatic rings. The van der Waals surface area contributed by atoms with E-state index in [2.05, 4.69) is 4.99 Å². The maximum absolute atomic E-state index is 13.2. The van der Waals surface area contributed by atoms with Crippen molar-refractivity contribution in [3.8, 4) is 5.75 Å². The number of fused-ring (bicyclic) bond motifs is 1. The van der Waals surface area contributed by atoms with E-state index in [0.29, 0.717) is 24.4 Å². The van der Waals surface area contributed by atoms with Crippen molar-refractivity contribution in [3.63, 3.8) is 0 Å². The van der Waals surface area contributed by atoms with Gasteiger partial charge < -0.3 is 15.4 Å². The maximum Gasteiger partial charge on any atom is 0.191 e. The van der Waals surface area contributed by atoms with Crippen LogP contribution in [-0.2, 0) is 0 Å². The summed E-state index contributed by atoms with van der Waals surface area (Å²) in [6, 6.07) is 4.83. The van der Waals surface area contributed by atoms with Crippen molar-refractivity contribution in [1.29, 1.82) is 0 Å². The number of benzene rings is 1. The molecule has 1 aromatic carbocycles. The standard InChI is InChI=1S/C13H16FN3O.HI/c1-17(9-3-4-9)13(15)16-11-7-18-12-5-2-8(14)6-10(11)12;/h2,5-6,9,11H,3-4,7H2,1H3,(H2,15,16);1H. The van der Waals surface area contributed by atoms with Gasteiger partial charge in [-0.25, -0.2) is 9.38 Å². The molecule has 0 saturated heterocycles. The highest BCUT2D eigenvalue weighted by molar-refractivity contribution is 14.0. The first-order valence-electron chi connectivity index (χ1n) is 6.13. The van der Waals surface area contributed by atoms with Crippen LogP contribution in [0.3, 0.4) is 0 Å². The lowest BCUT2D eigenvalue weighted by Gasteiger charge is -2.18. The number of ether oxygens (including phenoxy) is 1. The highest BCUT2D eigenvalue weighted by atomic mass is 127. The molecule has 1 unspecified atom stereocenters. The average Bonchev–Trinajstić information content (AvgIpc) is 3.13. The van der Waals surface area contributed by atoms with Crippen LogP contribution in [0.4, 0.5) is 4.39 Å². The van der Waals surface area contributed by atoms with Crippen LogP contribution in [-0.4, -0.2) is 30.6 Å². The Hall–Kier alpha value is -1.05. The molecule has 1 fully saturated rings. The van der Waals surface area contributed by atoms with Crippen molar-refractivity contribution in [2.75, 3.05) is 13.7 Å². The van der Waals surface area contributed by atoms with Gasteiger partial charge in [-0.3, -0.25) is 0 Å². The molecule has 1 aliphatic carbocycles. The van der Waals surface area contributed by atoms with E-state index in [1.54, 1.807) is 6.07 Å². The predicted molar refractivity (Wildman–Crippen MR) is 82.5 cm³/mol. The number of aliphatic imine (C=N–C) groups is 1. The lowest BCUT2D eigenvalue weighted by Crippen LogP contribution is -2.36. The van der Waals surface area contributed by atoms with Gasteiger partial charge in [0.2, 0.25) is 0 Å². The number of nitrogens with zero attached hydrogens (tertiary/aromatic N) is 2. The molecular weight excluding hydrogens is 360 g/mol. The summed E-state index contributed by atoms with van der Waals surface area (Å²) in [6.07, 6.45) is 2.33. The Morgan fingerprint density at radius 1 is 1.47 bits per heavy atom. The van der Waals surface area contributed by atoms with Crippen LogP contribution in [0, 0.1) is 5.82 Å². The topological polar surface area (TPSA) is 50.8 Å².